The van der Waals surface area contributed by atoms with Crippen molar-refractivity contribution in [2.45, 2.75) is 0 Å². The van der Waals surface area contributed by atoms with Gasteiger partial charge in [0.25, 0.3) is 0 Å². The van der Waals surface area contributed by atoms with Crippen molar-refractivity contribution in [2.75, 3.05) is 5.73 Å². The summed E-state index contributed by atoms with van der Waals surface area (Å²) in [5.74, 6) is 1.22. The van der Waals surface area contributed by atoms with Gasteiger partial charge in [0, 0.05) is 16.6 Å². The van der Waals surface area contributed by atoms with Crippen molar-refractivity contribution in [3.63, 3.8) is 0 Å². The van der Waals surface area contributed by atoms with Gasteiger partial charge in [-0.1, -0.05) is 12.2 Å². The lowest BCUT2D eigenvalue weighted by Crippen LogP contribution is -2.00. The van der Waals surface area contributed by atoms with Crippen LogP contribution < -0.4 is 5.73 Å². The predicted molar refractivity (Wildman–Crippen MR) is 92.1 cm³/mol. The molecule has 2 N–H and O–H groups in total. The number of furan rings is 2. The number of hydrogen-bond acceptors (Lipinski definition) is 6. The molecule has 0 saturated heterocycles. The fourth-order valence-corrected chi connectivity index (χ4v) is 2.70. The summed E-state index contributed by atoms with van der Waals surface area (Å²) in [6.07, 6.45) is 3.19. The molecule has 3 heterocycles. The first-order chi connectivity index (χ1) is 11.3. The molecule has 0 saturated carbocycles. The van der Waals surface area contributed by atoms with Crippen molar-refractivity contribution < 1.29 is 8.83 Å². The summed E-state index contributed by atoms with van der Waals surface area (Å²) in [4.78, 5) is 9.40. The van der Waals surface area contributed by atoms with E-state index in [1.807, 2.05) is 18.2 Å². The van der Waals surface area contributed by atoms with E-state index in [1.54, 1.807) is 30.7 Å². The first kappa shape index (κ1) is 13.7. The number of aromatic nitrogens is 2. The SMILES string of the molecule is Nc1ccc2nc(-c3ccco3)c(-c3ccco3)nc2c1C=S. The highest BCUT2D eigenvalue weighted by Gasteiger charge is 2.18. The summed E-state index contributed by atoms with van der Waals surface area (Å²) in [6, 6.07) is 10.8. The van der Waals surface area contributed by atoms with Crippen molar-refractivity contribution in [1.82, 2.24) is 9.97 Å². The maximum atomic E-state index is 5.99. The Hall–Kier alpha value is -2.99. The molecule has 4 rings (SSSR count). The molecule has 0 atom stereocenters. The van der Waals surface area contributed by atoms with Crippen LogP contribution in [-0.2, 0) is 0 Å². The molecular weight excluding hydrogens is 310 g/mol. The van der Waals surface area contributed by atoms with Gasteiger partial charge >= 0.3 is 0 Å². The molecule has 0 aliphatic heterocycles. The Labute approximate surface area is 136 Å². The van der Waals surface area contributed by atoms with Crippen LogP contribution in [0.15, 0.2) is 57.8 Å². The largest absolute Gasteiger partial charge is 0.463 e. The van der Waals surface area contributed by atoms with Crippen LogP contribution in [0.3, 0.4) is 0 Å². The summed E-state index contributed by atoms with van der Waals surface area (Å²) in [6.45, 7) is 0. The van der Waals surface area contributed by atoms with Crippen LogP contribution in [0.5, 0.6) is 0 Å². The molecular formula is C17H11N3O2S. The number of nitrogen functional groups attached to an aromatic ring is 1. The number of thiocarbonyl (C=S) groups is 1. The average molecular weight is 321 g/mol. The van der Waals surface area contributed by atoms with Crippen molar-refractivity contribution in [3.05, 3.63) is 54.5 Å². The molecule has 112 valence electrons. The van der Waals surface area contributed by atoms with Crippen molar-refractivity contribution in [1.29, 1.82) is 0 Å². The topological polar surface area (TPSA) is 78.1 Å². The number of fused-ring (bicyclic) bond motifs is 1. The van der Waals surface area contributed by atoms with Gasteiger partial charge < -0.3 is 14.6 Å². The first-order valence-electron chi connectivity index (χ1n) is 6.91. The molecule has 0 fully saturated rings. The highest BCUT2D eigenvalue weighted by molar-refractivity contribution is 7.79. The van der Waals surface area contributed by atoms with Crippen LogP contribution in [0.25, 0.3) is 33.9 Å². The molecule has 3 aromatic heterocycles. The van der Waals surface area contributed by atoms with Gasteiger partial charge in [0.1, 0.15) is 11.4 Å². The predicted octanol–water partition coefficient (Wildman–Crippen LogP) is 4.08. The molecule has 4 aromatic rings. The number of anilines is 1. The molecule has 0 unspecified atom stereocenters. The van der Waals surface area contributed by atoms with E-state index >= 15 is 0 Å². The Morgan fingerprint density at radius 3 is 2.13 bits per heavy atom. The van der Waals surface area contributed by atoms with E-state index in [1.165, 1.54) is 5.37 Å². The summed E-state index contributed by atoms with van der Waals surface area (Å²) in [7, 11) is 0. The maximum Gasteiger partial charge on any atom is 0.154 e. The quantitative estimate of drug-likeness (QED) is 0.452. The minimum absolute atomic E-state index is 0.568. The Kier molecular flexibility index (Phi) is 3.17. The average Bonchev–Trinajstić information content (AvgIpc) is 3.27. The molecule has 23 heavy (non-hydrogen) atoms. The van der Waals surface area contributed by atoms with Gasteiger partial charge in [-0.05, 0) is 36.4 Å². The lowest BCUT2D eigenvalue weighted by molar-refractivity contribution is 0.572. The lowest BCUT2D eigenvalue weighted by atomic mass is 10.1. The van der Waals surface area contributed by atoms with E-state index in [0.717, 1.165) is 0 Å². The van der Waals surface area contributed by atoms with Crippen LogP contribution in [0.1, 0.15) is 5.56 Å². The second kappa shape index (κ2) is 5.33. The van der Waals surface area contributed by atoms with E-state index in [4.69, 9.17) is 31.8 Å². The van der Waals surface area contributed by atoms with Crippen LogP contribution in [0, 0.1) is 0 Å². The number of benzene rings is 1. The van der Waals surface area contributed by atoms with E-state index in [9.17, 15) is 0 Å². The summed E-state index contributed by atoms with van der Waals surface area (Å²) in [5, 5.41) is 1.52. The van der Waals surface area contributed by atoms with Crippen molar-refractivity contribution in [3.8, 4) is 22.9 Å². The number of rotatable bonds is 3. The van der Waals surface area contributed by atoms with Crippen molar-refractivity contribution in [2.24, 2.45) is 0 Å². The minimum Gasteiger partial charge on any atom is -0.463 e. The molecule has 0 amide bonds. The Balaban J connectivity index is 2.10. The smallest absolute Gasteiger partial charge is 0.154 e. The zero-order chi connectivity index (χ0) is 15.8. The van der Waals surface area contributed by atoms with Crippen LogP contribution in [0.2, 0.25) is 0 Å². The standard InChI is InChI=1S/C17H11N3O2S/c18-11-5-6-12-15(10(11)9-23)20-17(14-4-2-8-22-14)16(19-12)13-3-1-7-21-13/h1-9H,18H2. The van der Waals surface area contributed by atoms with Gasteiger partial charge in [0.2, 0.25) is 0 Å². The minimum atomic E-state index is 0.568. The van der Waals surface area contributed by atoms with Gasteiger partial charge in [-0.25, -0.2) is 9.97 Å². The highest BCUT2D eigenvalue weighted by atomic mass is 32.1. The van der Waals surface area contributed by atoms with E-state index in [0.29, 0.717) is 45.2 Å². The fraction of sp³-hybridized carbons (Fsp3) is 0. The van der Waals surface area contributed by atoms with E-state index in [-0.39, 0.29) is 0 Å². The Morgan fingerprint density at radius 2 is 1.57 bits per heavy atom. The third kappa shape index (κ3) is 2.20. The molecule has 0 radical (unpaired) electrons. The third-order valence-electron chi connectivity index (χ3n) is 3.54. The van der Waals surface area contributed by atoms with Gasteiger partial charge in [0.15, 0.2) is 11.5 Å². The zero-order valence-corrected chi connectivity index (χ0v) is 12.7. The molecule has 6 heteroatoms. The Morgan fingerprint density at radius 1 is 0.913 bits per heavy atom. The second-order valence-electron chi connectivity index (χ2n) is 4.93. The van der Waals surface area contributed by atoms with Crippen molar-refractivity contribution >= 4 is 34.3 Å². The van der Waals surface area contributed by atoms with E-state index < -0.39 is 0 Å². The van der Waals surface area contributed by atoms with Crippen LogP contribution in [0.4, 0.5) is 5.69 Å². The summed E-state index contributed by atoms with van der Waals surface area (Å²) < 4.78 is 11.0. The monoisotopic (exact) mass is 321 g/mol. The molecule has 0 aliphatic carbocycles. The lowest BCUT2D eigenvalue weighted by Gasteiger charge is -2.09. The Bertz CT molecular complexity index is 993. The van der Waals surface area contributed by atoms with Gasteiger partial charge in [-0.3, -0.25) is 0 Å². The maximum absolute atomic E-state index is 5.99. The molecule has 5 nitrogen and oxygen atoms in total. The van der Waals surface area contributed by atoms with E-state index in [2.05, 4.69) is 4.98 Å². The van der Waals surface area contributed by atoms with Gasteiger partial charge in [-0.2, -0.15) is 0 Å². The van der Waals surface area contributed by atoms with Crippen LogP contribution >= 0.6 is 12.2 Å². The molecule has 0 bridgehead atoms. The summed E-state index contributed by atoms with van der Waals surface area (Å²) in [5.41, 5.74) is 9.77. The molecule has 1 aromatic carbocycles. The second-order valence-corrected chi connectivity index (χ2v) is 5.17. The molecule has 0 aliphatic rings. The van der Waals surface area contributed by atoms with Crippen LogP contribution in [-0.4, -0.2) is 15.3 Å². The number of hydrogen-bond donors (Lipinski definition) is 1. The highest BCUT2D eigenvalue weighted by Crippen LogP contribution is 2.33. The van der Waals surface area contributed by atoms with Gasteiger partial charge in [-0.15, -0.1) is 0 Å². The first-order valence-corrected chi connectivity index (χ1v) is 7.38. The zero-order valence-electron chi connectivity index (χ0n) is 11.9. The third-order valence-corrected chi connectivity index (χ3v) is 3.77. The number of nitrogens with zero attached hydrogens (tertiary/aromatic N) is 2. The normalized spacial score (nSPS) is 11.0. The number of nitrogens with two attached hydrogens (primary N) is 1. The molecule has 0 spiro atoms. The fourth-order valence-electron chi connectivity index (χ4n) is 2.45. The summed E-state index contributed by atoms with van der Waals surface area (Å²) >= 11 is 5.07. The van der Waals surface area contributed by atoms with Gasteiger partial charge in [0.05, 0.1) is 23.6 Å².